The second kappa shape index (κ2) is 4.73. The molecule has 3 aromatic rings. The van der Waals surface area contributed by atoms with Gasteiger partial charge in [0.05, 0.1) is 29.5 Å². The van der Waals surface area contributed by atoms with Crippen LogP contribution in [0.15, 0.2) is 51.0 Å². The maximum atomic E-state index is 12.1. The zero-order valence-corrected chi connectivity index (χ0v) is 11.9. The SMILES string of the molecule is Cc1cccc2c1N=C/C2=C\c1c(-c2ccoc2)[nH][nH]c1=O. The molecule has 4 rings (SSSR count). The van der Waals surface area contributed by atoms with Crippen LogP contribution in [0.2, 0.25) is 0 Å². The number of aromatic nitrogens is 2. The number of fused-ring (bicyclic) bond motifs is 1. The van der Waals surface area contributed by atoms with Crippen LogP contribution in [0.4, 0.5) is 5.69 Å². The van der Waals surface area contributed by atoms with Gasteiger partial charge in [-0.1, -0.05) is 18.2 Å². The third-order valence-electron chi connectivity index (χ3n) is 3.81. The van der Waals surface area contributed by atoms with E-state index in [1.807, 2.05) is 37.3 Å². The molecule has 0 unspecified atom stereocenters. The molecule has 5 heteroatoms. The van der Waals surface area contributed by atoms with Crippen molar-refractivity contribution in [2.24, 2.45) is 4.99 Å². The van der Waals surface area contributed by atoms with Crippen LogP contribution in [0.5, 0.6) is 0 Å². The molecule has 22 heavy (non-hydrogen) atoms. The fraction of sp³-hybridized carbons (Fsp3) is 0.0588. The highest BCUT2D eigenvalue weighted by atomic mass is 16.3. The Labute approximate surface area is 126 Å². The molecule has 1 aromatic carbocycles. The van der Waals surface area contributed by atoms with E-state index in [-0.39, 0.29) is 5.56 Å². The van der Waals surface area contributed by atoms with Crippen molar-refractivity contribution in [3.63, 3.8) is 0 Å². The number of rotatable bonds is 2. The zero-order valence-electron chi connectivity index (χ0n) is 11.9. The molecule has 0 radical (unpaired) electrons. The van der Waals surface area contributed by atoms with Gasteiger partial charge in [-0.25, -0.2) is 0 Å². The first-order valence-corrected chi connectivity index (χ1v) is 6.93. The summed E-state index contributed by atoms with van der Waals surface area (Å²) in [6, 6.07) is 7.84. The zero-order chi connectivity index (χ0) is 15.1. The number of aliphatic imine (C=N–C) groups is 1. The molecule has 2 aromatic heterocycles. The largest absolute Gasteiger partial charge is 0.472 e. The topological polar surface area (TPSA) is 74.2 Å². The number of benzene rings is 1. The van der Waals surface area contributed by atoms with Crippen LogP contribution in [0, 0.1) is 6.92 Å². The number of allylic oxidation sites excluding steroid dienone is 1. The minimum absolute atomic E-state index is 0.168. The predicted molar refractivity (Wildman–Crippen MR) is 86.3 cm³/mol. The van der Waals surface area contributed by atoms with Crippen molar-refractivity contribution >= 4 is 23.6 Å². The van der Waals surface area contributed by atoms with E-state index in [0.29, 0.717) is 11.3 Å². The fourth-order valence-electron chi connectivity index (χ4n) is 2.68. The lowest BCUT2D eigenvalue weighted by molar-refractivity contribution is 0.568. The summed E-state index contributed by atoms with van der Waals surface area (Å²) >= 11 is 0. The van der Waals surface area contributed by atoms with Crippen molar-refractivity contribution in [1.29, 1.82) is 0 Å². The molecule has 3 heterocycles. The average Bonchev–Trinajstić information content (AvgIpc) is 3.22. The molecule has 0 spiro atoms. The van der Waals surface area contributed by atoms with Crippen molar-refractivity contribution < 1.29 is 4.42 Å². The van der Waals surface area contributed by atoms with E-state index in [0.717, 1.165) is 28.0 Å². The molecular formula is C17H13N3O2. The molecule has 0 saturated heterocycles. The summed E-state index contributed by atoms with van der Waals surface area (Å²) in [5.74, 6) is 0. The highest BCUT2D eigenvalue weighted by molar-refractivity contribution is 6.22. The normalized spacial score (nSPS) is 14.7. The molecule has 1 aliphatic heterocycles. The summed E-state index contributed by atoms with van der Waals surface area (Å²) in [7, 11) is 0. The molecule has 0 aliphatic carbocycles. The third kappa shape index (κ3) is 1.87. The van der Waals surface area contributed by atoms with Gasteiger partial charge in [0.2, 0.25) is 0 Å². The standard InChI is InChI=1S/C17H13N3O2/c1-10-3-2-4-13-12(8-18-15(10)13)7-14-16(19-20-17(14)21)11-5-6-22-9-11/h2-9H,1H3,(H2,19,20,21)/b12-7+. The summed E-state index contributed by atoms with van der Waals surface area (Å²) in [5, 5.41) is 5.52. The Balaban J connectivity index is 1.87. The smallest absolute Gasteiger partial charge is 0.271 e. The molecule has 0 saturated carbocycles. The molecule has 108 valence electrons. The van der Waals surface area contributed by atoms with Gasteiger partial charge in [0.25, 0.3) is 5.56 Å². The average molecular weight is 291 g/mol. The predicted octanol–water partition coefficient (Wildman–Crippen LogP) is 3.53. The first-order chi connectivity index (χ1) is 10.7. The second-order valence-corrected chi connectivity index (χ2v) is 5.21. The van der Waals surface area contributed by atoms with Crippen LogP contribution >= 0.6 is 0 Å². The van der Waals surface area contributed by atoms with Crippen molar-refractivity contribution in [3.8, 4) is 11.3 Å². The van der Waals surface area contributed by atoms with Crippen molar-refractivity contribution in [1.82, 2.24) is 10.2 Å². The highest BCUT2D eigenvalue weighted by Crippen LogP contribution is 2.35. The van der Waals surface area contributed by atoms with E-state index in [1.165, 1.54) is 0 Å². The van der Waals surface area contributed by atoms with Crippen molar-refractivity contribution in [3.05, 3.63) is 63.8 Å². The lowest BCUT2D eigenvalue weighted by atomic mass is 10.0. The number of H-pyrrole nitrogens is 2. The number of aryl methyl sites for hydroxylation is 1. The van der Waals surface area contributed by atoms with E-state index in [1.54, 1.807) is 18.7 Å². The first-order valence-electron chi connectivity index (χ1n) is 6.93. The number of furan rings is 1. The molecule has 2 N–H and O–H groups in total. The Kier molecular flexibility index (Phi) is 2.72. The Morgan fingerprint density at radius 3 is 2.95 bits per heavy atom. The van der Waals surface area contributed by atoms with Gasteiger partial charge >= 0.3 is 0 Å². The Morgan fingerprint density at radius 1 is 1.23 bits per heavy atom. The lowest BCUT2D eigenvalue weighted by Crippen LogP contribution is -2.02. The Hall–Kier alpha value is -3.08. The van der Waals surface area contributed by atoms with Crippen LogP contribution in [-0.2, 0) is 0 Å². The second-order valence-electron chi connectivity index (χ2n) is 5.21. The minimum Gasteiger partial charge on any atom is -0.472 e. The van der Waals surface area contributed by atoms with Gasteiger partial charge in [0, 0.05) is 22.9 Å². The van der Waals surface area contributed by atoms with Gasteiger partial charge < -0.3 is 4.42 Å². The monoisotopic (exact) mass is 291 g/mol. The Morgan fingerprint density at radius 2 is 2.14 bits per heavy atom. The molecule has 0 fully saturated rings. The highest BCUT2D eigenvalue weighted by Gasteiger charge is 2.17. The number of para-hydroxylation sites is 1. The molecule has 0 atom stereocenters. The van der Waals surface area contributed by atoms with Crippen LogP contribution in [0.3, 0.4) is 0 Å². The summed E-state index contributed by atoms with van der Waals surface area (Å²) in [4.78, 5) is 16.5. The number of nitrogens with one attached hydrogen (secondary N) is 2. The molecule has 5 nitrogen and oxygen atoms in total. The van der Waals surface area contributed by atoms with E-state index in [9.17, 15) is 4.79 Å². The van der Waals surface area contributed by atoms with Gasteiger partial charge in [-0.15, -0.1) is 0 Å². The van der Waals surface area contributed by atoms with Crippen LogP contribution in [0.1, 0.15) is 16.7 Å². The van der Waals surface area contributed by atoms with Crippen LogP contribution < -0.4 is 5.56 Å². The van der Waals surface area contributed by atoms with E-state index in [2.05, 4.69) is 15.2 Å². The van der Waals surface area contributed by atoms with Crippen molar-refractivity contribution in [2.45, 2.75) is 6.92 Å². The quantitative estimate of drug-likeness (QED) is 0.758. The third-order valence-corrected chi connectivity index (χ3v) is 3.81. The summed E-state index contributed by atoms with van der Waals surface area (Å²) in [6.07, 6.45) is 6.82. The van der Waals surface area contributed by atoms with Gasteiger partial charge in [0.15, 0.2) is 0 Å². The summed E-state index contributed by atoms with van der Waals surface area (Å²) in [6.45, 7) is 2.03. The molecular weight excluding hydrogens is 278 g/mol. The van der Waals surface area contributed by atoms with E-state index < -0.39 is 0 Å². The number of hydrogen-bond donors (Lipinski definition) is 2. The summed E-state index contributed by atoms with van der Waals surface area (Å²) in [5.41, 5.74) is 5.98. The van der Waals surface area contributed by atoms with Gasteiger partial charge in [-0.05, 0) is 24.6 Å². The van der Waals surface area contributed by atoms with Gasteiger partial charge in [0.1, 0.15) is 0 Å². The van der Waals surface area contributed by atoms with Gasteiger partial charge in [-0.3, -0.25) is 20.0 Å². The molecule has 0 amide bonds. The number of nitrogens with zero attached hydrogens (tertiary/aromatic N) is 1. The van der Waals surface area contributed by atoms with E-state index in [4.69, 9.17) is 4.42 Å². The minimum atomic E-state index is -0.168. The number of hydrogen-bond acceptors (Lipinski definition) is 3. The lowest BCUT2D eigenvalue weighted by Gasteiger charge is -2.02. The van der Waals surface area contributed by atoms with Crippen molar-refractivity contribution in [2.75, 3.05) is 0 Å². The number of aromatic amines is 2. The van der Waals surface area contributed by atoms with E-state index >= 15 is 0 Å². The van der Waals surface area contributed by atoms with Crippen LogP contribution in [-0.4, -0.2) is 16.4 Å². The summed E-state index contributed by atoms with van der Waals surface area (Å²) < 4.78 is 5.09. The maximum absolute atomic E-state index is 12.1. The molecule has 0 bridgehead atoms. The van der Waals surface area contributed by atoms with Gasteiger partial charge in [-0.2, -0.15) is 0 Å². The van der Waals surface area contributed by atoms with Crippen LogP contribution in [0.25, 0.3) is 22.9 Å². The first kappa shape index (κ1) is 12.6. The maximum Gasteiger partial charge on any atom is 0.271 e. The Bertz CT molecular complexity index is 956. The fourth-order valence-corrected chi connectivity index (χ4v) is 2.68. The molecule has 1 aliphatic rings.